The first-order valence-electron chi connectivity index (χ1n) is 7.78. The smallest absolute Gasteiger partial charge is 0.228 e. The molecule has 0 spiro atoms. The molecule has 0 bridgehead atoms. The molecular formula is C20H17NO3. The molecule has 0 saturated carbocycles. The van der Waals surface area contributed by atoms with Gasteiger partial charge < -0.3 is 5.11 Å². The third kappa shape index (κ3) is 2.56. The molecule has 0 heterocycles. The van der Waals surface area contributed by atoms with Crippen LogP contribution in [0.3, 0.4) is 0 Å². The molecular weight excluding hydrogens is 302 g/mol. The Hall–Kier alpha value is -3.01. The Bertz CT molecular complexity index is 892. The minimum Gasteiger partial charge on any atom is -0.504 e. The van der Waals surface area contributed by atoms with Gasteiger partial charge in [-0.2, -0.15) is 0 Å². The molecule has 4 heteroatoms. The Balaban J connectivity index is 2.22. The summed E-state index contributed by atoms with van der Waals surface area (Å²) in [6, 6.07) is 14.1. The zero-order valence-electron chi connectivity index (χ0n) is 13.5. The van der Waals surface area contributed by atoms with Crippen LogP contribution in [0.2, 0.25) is 0 Å². The molecule has 120 valence electrons. The summed E-state index contributed by atoms with van der Waals surface area (Å²) < 4.78 is 0. The van der Waals surface area contributed by atoms with E-state index in [0.29, 0.717) is 23.4 Å². The van der Waals surface area contributed by atoms with Crippen molar-refractivity contribution in [3.05, 3.63) is 82.1 Å². The van der Waals surface area contributed by atoms with Crippen molar-refractivity contribution < 1.29 is 14.7 Å². The van der Waals surface area contributed by atoms with Gasteiger partial charge in [-0.1, -0.05) is 48.0 Å². The van der Waals surface area contributed by atoms with Gasteiger partial charge in [0.2, 0.25) is 5.78 Å². The number of ketones is 2. The Morgan fingerprint density at radius 3 is 2.38 bits per heavy atom. The number of aryl methyl sites for hydroxylation is 1. The maximum Gasteiger partial charge on any atom is 0.228 e. The predicted molar refractivity (Wildman–Crippen MR) is 93.0 cm³/mol. The number of hydrogen-bond donors (Lipinski definition) is 1. The van der Waals surface area contributed by atoms with E-state index in [-0.39, 0.29) is 16.9 Å². The maximum atomic E-state index is 12.9. The molecule has 0 aliphatic heterocycles. The highest BCUT2D eigenvalue weighted by Crippen LogP contribution is 2.28. The maximum absolute atomic E-state index is 12.9. The lowest BCUT2D eigenvalue weighted by Crippen LogP contribution is -2.27. The second-order valence-corrected chi connectivity index (χ2v) is 5.62. The van der Waals surface area contributed by atoms with Crippen LogP contribution in [0, 0.1) is 6.92 Å². The van der Waals surface area contributed by atoms with Crippen LogP contribution in [0.15, 0.2) is 64.9 Å². The van der Waals surface area contributed by atoms with Crippen molar-refractivity contribution in [3.8, 4) is 0 Å². The zero-order chi connectivity index (χ0) is 17.3. The third-order valence-electron chi connectivity index (χ3n) is 3.94. The molecule has 3 rings (SSSR count). The quantitative estimate of drug-likeness (QED) is 0.877. The molecule has 0 aromatic heterocycles. The lowest BCUT2D eigenvalue weighted by atomic mass is 9.83. The van der Waals surface area contributed by atoms with E-state index in [1.165, 1.54) is 0 Å². The summed E-state index contributed by atoms with van der Waals surface area (Å²) in [6.45, 7) is 4.11. The minimum absolute atomic E-state index is 0.0237. The number of hydrogen-bond acceptors (Lipinski definition) is 4. The normalized spacial score (nSPS) is 14.8. The second kappa shape index (κ2) is 6.24. The molecule has 1 N–H and O–H groups in total. The van der Waals surface area contributed by atoms with E-state index >= 15 is 0 Å². The van der Waals surface area contributed by atoms with E-state index in [0.717, 1.165) is 5.56 Å². The number of allylic oxidation sites excluding steroid dienone is 2. The lowest BCUT2D eigenvalue weighted by molar-refractivity contribution is 0.0934. The zero-order valence-corrected chi connectivity index (χ0v) is 13.5. The third-order valence-corrected chi connectivity index (χ3v) is 3.94. The van der Waals surface area contributed by atoms with Crippen LogP contribution in [-0.4, -0.2) is 28.9 Å². The van der Waals surface area contributed by atoms with E-state index in [9.17, 15) is 14.7 Å². The first-order chi connectivity index (χ1) is 11.5. The molecule has 0 radical (unpaired) electrons. The van der Waals surface area contributed by atoms with Crippen LogP contribution >= 0.6 is 0 Å². The van der Waals surface area contributed by atoms with Gasteiger partial charge in [0, 0.05) is 23.2 Å². The van der Waals surface area contributed by atoms with Gasteiger partial charge in [-0.3, -0.25) is 14.6 Å². The van der Waals surface area contributed by atoms with E-state index < -0.39 is 11.5 Å². The standard InChI is InChI=1S/C20H17NO3/c1-3-21-17(13-7-5-4-6-8-13)16-18(22)14-10-9-12(2)11-15(14)19(23)20(16)24/h4-11,24H,3H2,1-2H3. The second-order valence-electron chi connectivity index (χ2n) is 5.62. The van der Waals surface area contributed by atoms with E-state index in [4.69, 9.17) is 0 Å². The Kier molecular flexibility index (Phi) is 4.13. The van der Waals surface area contributed by atoms with Gasteiger partial charge in [0.15, 0.2) is 11.5 Å². The summed E-state index contributed by atoms with van der Waals surface area (Å²) in [7, 11) is 0. The Morgan fingerprint density at radius 2 is 1.71 bits per heavy atom. The average Bonchev–Trinajstić information content (AvgIpc) is 2.60. The van der Waals surface area contributed by atoms with Crippen molar-refractivity contribution in [3.63, 3.8) is 0 Å². The van der Waals surface area contributed by atoms with Gasteiger partial charge in [0.1, 0.15) is 0 Å². The number of nitrogens with zero attached hydrogens (tertiary/aromatic N) is 1. The highest BCUT2D eigenvalue weighted by atomic mass is 16.3. The SMILES string of the molecule is CCN=C(C1=C(O)C(=O)c2cc(C)ccc2C1=O)c1ccccc1. The van der Waals surface area contributed by atoms with Crippen molar-refractivity contribution in [1.82, 2.24) is 0 Å². The fourth-order valence-electron chi connectivity index (χ4n) is 2.82. The fraction of sp³-hybridized carbons (Fsp3) is 0.150. The van der Waals surface area contributed by atoms with E-state index in [1.54, 1.807) is 30.3 Å². The molecule has 2 aromatic rings. The van der Waals surface area contributed by atoms with Crippen molar-refractivity contribution in [1.29, 1.82) is 0 Å². The molecule has 0 atom stereocenters. The highest BCUT2D eigenvalue weighted by Gasteiger charge is 2.35. The molecule has 0 amide bonds. The molecule has 1 aliphatic carbocycles. The monoisotopic (exact) mass is 319 g/mol. The van der Waals surface area contributed by atoms with Crippen LogP contribution in [0.25, 0.3) is 0 Å². The summed E-state index contributed by atoms with van der Waals surface area (Å²) in [5.41, 5.74) is 2.42. The number of fused-ring (bicyclic) bond motifs is 1. The van der Waals surface area contributed by atoms with Crippen LogP contribution < -0.4 is 0 Å². The number of carbonyl (C=O) groups is 2. The van der Waals surface area contributed by atoms with Gasteiger partial charge in [0.05, 0.1) is 11.3 Å². The number of aliphatic hydroxyl groups is 1. The van der Waals surface area contributed by atoms with Gasteiger partial charge in [0.25, 0.3) is 0 Å². The first-order valence-corrected chi connectivity index (χ1v) is 7.78. The summed E-state index contributed by atoms with van der Waals surface area (Å²) in [6.07, 6.45) is 0. The number of rotatable bonds is 3. The van der Waals surface area contributed by atoms with Gasteiger partial charge in [-0.25, -0.2) is 0 Å². The van der Waals surface area contributed by atoms with Gasteiger partial charge >= 0.3 is 0 Å². The molecule has 0 saturated heterocycles. The summed E-state index contributed by atoms with van der Waals surface area (Å²) in [4.78, 5) is 29.8. The van der Waals surface area contributed by atoms with Crippen molar-refractivity contribution in [2.24, 2.45) is 4.99 Å². The Morgan fingerprint density at radius 1 is 1.00 bits per heavy atom. The highest BCUT2D eigenvalue weighted by molar-refractivity contribution is 6.40. The number of benzene rings is 2. The van der Waals surface area contributed by atoms with E-state index in [1.807, 2.05) is 32.0 Å². The summed E-state index contributed by atoms with van der Waals surface area (Å²) in [5, 5.41) is 10.4. The van der Waals surface area contributed by atoms with Crippen molar-refractivity contribution in [2.75, 3.05) is 6.54 Å². The van der Waals surface area contributed by atoms with Crippen LogP contribution in [0.1, 0.15) is 38.8 Å². The molecule has 1 aliphatic rings. The van der Waals surface area contributed by atoms with Crippen molar-refractivity contribution >= 4 is 17.3 Å². The average molecular weight is 319 g/mol. The first kappa shape index (κ1) is 15.9. The topological polar surface area (TPSA) is 66.7 Å². The number of aliphatic imine (C=N–C) groups is 1. The lowest BCUT2D eigenvalue weighted by Gasteiger charge is -2.19. The van der Waals surface area contributed by atoms with Crippen LogP contribution in [0.4, 0.5) is 0 Å². The van der Waals surface area contributed by atoms with Gasteiger partial charge in [-0.15, -0.1) is 0 Å². The van der Waals surface area contributed by atoms with Crippen molar-refractivity contribution in [2.45, 2.75) is 13.8 Å². The van der Waals surface area contributed by atoms with Gasteiger partial charge in [-0.05, 0) is 19.9 Å². The molecule has 2 aromatic carbocycles. The minimum atomic E-state index is -0.539. The number of carbonyl (C=O) groups excluding carboxylic acids is 2. The molecule has 24 heavy (non-hydrogen) atoms. The van der Waals surface area contributed by atoms with Crippen LogP contribution in [-0.2, 0) is 0 Å². The fourth-order valence-corrected chi connectivity index (χ4v) is 2.82. The summed E-state index contributed by atoms with van der Waals surface area (Å²) in [5.74, 6) is -1.45. The van der Waals surface area contributed by atoms with Crippen LogP contribution in [0.5, 0.6) is 0 Å². The van der Waals surface area contributed by atoms with E-state index in [2.05, 4.69) is 4.99 Å². The molecule has 4 nitrogen and oxygen atoms in total. The Labute approximate surface area is 140 Å². The molecule has 0 fully saturated rings. The number of Topliss-reactive ketones (excluding diaryl/α,β-unsaturated/α-hetero) is 2. The predicted octanol–water partition coefficient (Wildman–Crippen LogP) is 3.70. The molecule has 0 unspecified atom stereocenters. The number of aliphatic hydroxyl groups excluding tert-OH is 1. The largest absolute Gasteiger partial charge is 0.504 e. The summed E-state index contributed by atoms with van der Waals surface area (Å²) >= 11 is 0.